The molecule has 1 saturated heterocycles. The molecule has 18 heavy (non-hydrogen) atoms. The standard InChI is InChI=1S/C12H12N2O3S/c15-12(14-3-5-16-6-4-14)10-11(17-8-13-10)9-2-1-7-18-9/h1-2,7-8H,3-6H2. The van der Waals surface area contributed by atoms with Crippen LogP contribution in [0.2, 0.25) is 0 Å². The van der Waals surface area contributed by atoms with E-state index in [0.29, 0.717) is 37.8 Å². The van der Waals surface area contributed by atoms with Gasteiger partial charge < -0.3 is 14.1 Å². The highest BCUT2D eigenvalue weighted by molar-refractivity contribution is 7.13. The number of carbonyl (C=O) groups is 1. The summed E-state index contributed by atoms with van der Waals surface area (Å²) in [5, 5.41) is 1.95. The van der Waals surface area contributed by atoms with Gasteiger partial charge in [-0.15, -0.1) is 11.3 Å². The van der Waals surface area contributed by atoms with Gasteiger partial charge >= 0.3 is 0 Å². The Morgan fingerprint density at radius 1 is 1.39 bits per heavy atom. The topological polar surface area (TPSA) is 55.6 Å². The molecule has 1 amide bonds. The molecular weight excluding hydrogens is 252 g/mol. The average Bonchev–Trinajstić information content (AvgIpc) is 3.09. The third kappa shape index (κ3) is 2.04. The van der Waals surface area contributed by atoms with Crippen LogP contribution in [-0.2, 0) is 4.74 Å². The SMILES string of the molecule is O=C(c1ncoc1-c1cccs1)N1CCOCC1. The lowest BCUT2D eigenvalue weighted by Crippen LogP contribution is -2.41. The predicted octanol–water partition coefficient (Wildman–Crippen LogP) is 1.88. The van der Waals surface area contributed by atoms with E-state index in [1.165, 1.54) is 17.7 Å². The largest absolute Gasteiger partial charge is 0.442 e. The second kappa shape index (κ2) is 4.91. The minimum atomic E-state index is -0.0875. The summed E-state index contributed by atoms with van der Waals surface area (Å²) >= 11 is 1.53. The number of ether oxygens (including phenoxy) is 1. The molecule has 2 aromatic heterocycles. The summed E-state index contributed by atoms with van der Waals surface area (Å²) in [6.07, 6.45) is 1.32. The second-order valence-corrected chi connectivity index (χ2v) is 4.86. The molecule has 3 heterocycles. The molecule has 1 aliphatic heterocycles. The van der Waals surface area contributed by atoms with Gasteiger partial charge in [0.25, 0.3) is 5.91 Å². The van der Waals surface area contributed by atoms with Gasteiger partial charge in [-0.05, 0) is 11.4 Å². The van der Waals surface area contributed by atoms with Crippen molar-refractivity contribution in [3.05, 3.63) is 29.6 Å². The first-order valence-electron chi connectivity index (χ1n) is 5.70. The van der Waals surface area contributed by atoms with Crippen LogP contribution in [0.1, 0.15) is 10.5 Å². The first kappa shape index (κ1) is 11.4. The van der Waals surface area contributed by atoms with Gasteiger partial charge in [0.2, 0.25) is 0 Å². The van der Waals surface area contributed by atoms with Crippen LogP contribution in [0, 0.1) is 0 Å². The van der Waals surface area contributed by atoms with Crippen molar-refractivity contribution in [1.82, 2.24) is 9.88 Å². The number of hydrogen-bond donors (Lipinski definition) is 0. The van der Waals surface area contributed by atoms with Crippen molar-refractivity contribution in [1.29, 1.82) is 0 Å². The number of amides is 1. The van der Waals surface area contributed by atoms with Crippen molar-refractivity contribution in [3.8, 4) is 10.6 Å². The Morgan fingerprint density at radius 3 is 2.94 bits per heavy atom. The van der Waals surface area contributed by atoms with Gasteiger partial charge in [-0.25, -0.2) is 4.98 Å². The summed E-state index contributed by atoms with van der Waals surface area (Å²) in [4.78, 5) is 19.1. The molecule has 0 aromatic carbocycles. The van der Waals surface area contributed by atoms with Crippen molar-refractivity contribution < 1.29 is 13.9 Å². The number of morpholine rings is 1. The van der Waals surface area contributed by atoms with Gasteiger partial charge in [0.05, 0.1) is 18.1 Å². The zero-order valence-corrected chi connectivity index (χ0v) is 10.5. The molecular formula is C12H12N2O3S. The third-order valence-corrected chi connectivity index (χ3v) is 3.68. The second-order valence-electron chi connectivity index (χ2n) is 3.91. The van der Waals surface area contributed by atoms with E-state index in [1.54, 1.807) is 4.90 Å². The Bertz CT molecular complexity index is 529. The number of thiophene rings is 1. The normalized spacial score (nSPS) is 15.9. The first-order valence-corrected chi connectivity index (χ1v) is 6.58. The Labute approximate surface area is 108 Å². The Balaban J connectivity index is 1.88. The molecule has 1 aliphatic rings. The zero-order valence-electron chi connectivity index (χ0n) is 9.67. The van der Waals surface area contributed by atoms with Gasteiger partial charge in [-0.3, -0.25) is 4.79 Å². The Morgan fingerprint density at radius 2 is 2.22 bits per heavy atom. The van der Waals surface area contributed by atoms with Gasteiger partial charge in [-0.2, -0.15) is 0 Å². The molecule has 2 aromatic rings. The highest BCUT2D eigenvalue weighted by Gasteiger charge is 2.25. The van der Waals surface area contributed by atoms with Crippen molar-refractivity contribution in [2.75, 3.05) is 26.3 Å². The van der Waals surface area contributed by atoms with E-state index in [1.807, 2.05) is 17.5 Å². The van der Waals surface area contributed by atoms with E-state index >= 15 is 0 Å². The maximum atomic E-state index is 12.3. The molecule has 0 N–H and O–H groups in total. The Hall–Kier alpha value is -1.66. The monoisotopic (exact) mass is 264 g/mol. The van der Waals surface area contributed by atoms with E-state index in [2.05, 4.69) is 4.98 Å². The molecule has 0 aliphatic carbocycles. The lowest BCUT2D eigenvalue weighted by Gasteiger charge is -2.26. The third-order valence-electron chi connectivity index (χ3n) is 2.81. The van der Waals surface area contributed by atoms with E-state index in [4.69, 9.17) is 9.15 Å². The average molecular weight is 264 g/mol. The minimum absolute atomic E-state index is 0.0875. The van der Waals surface area contributed by atoms with Crippen molar-refractivity contribution in [2.45, 2.75) is 0 Å². The van der Waals surface area contributed by atoms with Crippen LogP contribution in [-0.4, -0.2) is 42.1 Å². The molecule has 94 valence electrons. The minimum Gasteiger partial charge on any atom is -0.442 e. The van der Waals surface area contributed by atoms with Gasteiger partial charge in [-0.1, -0.05) is 6.07 Å². The molecule has 5 nitrogen and oxygen atoms in total. The first-order chi connectivity index (χ1) is 8.86. The zero-order chi connectivity index (χ0) is 12.4. The molecule has 0 bridgehead atoms. The quantitative estimate of drug-likeness (QED) is 0.831. The van der Waals surface area contributed by atoms with E-state index < -0.39 is 0 Å². The summed E-state index contributed by atoms with van der Waals surface area (Å²) in [5.74, 6) is 0.469. The van der Waals surface area contributed by atoms with Gasteiger partial charge in [0.15, 0.2) is 17.8 Å². The molecule has 6 heteroatoms. The van der Waals surface area contributed by atoms with Crippen LogP contribution >= 0.6 is 11.3 Å². The lowest BCUT2D eigenvalue weighted by molar-refractivity contribution is 0.0299. The summed E-state index contributed by atoms with van der Waals surface area (Å²) in [7, 11) is 0. The molecule has 0 saturated carbocycles. The Kier molecular flexibility index (Phi) is 3.12. The molecule has 0 unspecified atom stereocenters. The molecule has 0 radical (unpaired) electrons. The van der Waals surface area contributed by atoms with Crippen LogP contribution in [0.3, 0.4) is 0 Å². The summed E-state index contributed by atoms with van der Waals surface area (Å²) < 4.78 is 10.6. The fraction of sp³-hybridized carbons (Fsp3) is 0.333. The lowest BCUT2D eigenvalue weighted by atomic mass is 10.2. The number of carbonyl (C=O) groups excluding carboxylic acids is 1. The highest BCUT2D eigenvalue weighted by atomic mass is 32.1. The number of nitrogens with zero attached hydrogens (tertiary/aromatic N) is 2. The van der Waals surface area contributed by atoms with Crippen LogP contribution < -0.4 is 0 Å². The van der Waals surface area contributed by atoms with Crippen molar-refractivity contribution in [3.63, 3.8) is 0 Å². The highest BCUT2D eigenvalue weighted by Crippen LogP contribution is 2.28. The number of rotatable bonds is 2. The smallest absolute Gasteiger partial charge is 0.276 e. The van der Waals surface area contributed by atoms with Crippen molar-refractivity contribution in [2.24, 2.45) is 0 Å². The maximum absolute atomic E-state index is 12.3. The summed E-state index contributed by atoms with van der Waals surface area (Å²) in [6, 6.07) is 3.84. The fourth-order valence-electron chi connectivity index (χ4n) is 1.90. The number of hydrogen-bond acceptors (Lipinski definition) is 5. The van der Waals surface area contributed by atoms with Crippen molar-refractivity contribution >= 4 is 17.2 Å². The van der Waals surface area contributed by atoms with Crippen LogP contribution in [0.25, 0.3) is 10.6 Å². The van der Waals surface area contributed by atoms with Crippen LogP contribution in [0.4, 0.5) is 0 Å². The molecule has 1 fully saturated rings. The molecule has 0 atom stereocenters. The van der Waals surface area contributed by atoms with Crippen LogP contribution in [0.5, 0.6) is 0 Å². The van der Waals surface area contributed by atoms with E-state index in [0.717, 1.165) is 4.88 Å². The van der Waals surface area contributed by atoms with Crippen LogP contribution in [0.15, 0.2) is 28.3 Å². The molecule has 0 spiro atoms. The summed E-state index contributed by atoms with van der Waals surface area (Å²) in [5.41, 5.74) is 0.388. The molecule has 3 rings (SSSR count). The number of aromatic nitrogens is 1. The van der Waals surface area contributed by atoms with Gasteiger partial charge in [0, 0.05) is 13.1 Å². The van der Waals surface area contributed by atoms with E-state index in [9.17, 15) is 4.79 Å². The van der Waals surface area contributed by atoms with E-state index in [-0.39, 0.29) is 5.91 Å². The van der Waals surface area contributed by atoms with Gasteiger partial charge in [0.1, 0.15) is 0 Å². The fourth-order valence-corrected chi connectivity index (χ4v) is 2.61. The predicted molar refractivity (Wildman–Crippen MR) is 66.5 cm³/mol. The summed E-state index contributed by atoms with van der Waals surface area (Å²) in [6.45, 7) is 2.38. The maximum Gasteiger partial charge on any atom is 0.276 e. The number of oxazole rings is 1.